The molecule has 1 atom stereocenters. The third-order valence-electron chi connectivity index (χ3n) is 4.47. The molecular formula is C20H23N7O2. The van der Waals surface area contributed by atoms with Crippen molar-refractivity contribution < 1.29 is 9.59 Å². The van der Waals surface area contributed by atoms with Crippen LogP contribution in [-0.2, 0) is 9.59 Å². The number of hydrogen-bond acceptors (Lipinski definition) is 8. The number of nitrogens with one attached hydrogen (secondary N) is 2. The van der Waals surface area contributed by atoms with Crippen LogP contribution >= 0.6 is 0 Å². The second kappa shape index (κ2) is 9.21. The third-order valence-corrected chi connectivity index (χ3v) is 4.47. The van der Waals surface area contributed by atoms with E-state index in [2.05, 4.69) is 31.7 Å². The van der Waals surface area contributed by atoms with E-state index in [0.717, 1.165) is 19.1 Å². The van der Waals surface area contributed by atoms with E-state index in [1.54, 1.807) is 18.5 Å². The molecular weight excluding hydrogens is 370 g/mol. The van der Waals surface area contributed by atoms with E-state index in [1.807, 2.05) is 19.0 Å². The molecule has 3 rings (SSSR count). The summed E-state index contributed by atoms with van der Waals surface area (Å²) in [4.78, 5) is 37.6. The number of nitrogens with zero attached hydrogens (tertiary/aromatic N) is 5. The van der Waals surface area contributed by atoms with Gasteiger partial charge < -0.3 is 20.3 Å². The van der Waals surface area contributed by atoms with Crippen LogP contribution < -0.4 is 10.6 Å². The molecule has 0 saturated heterocycles. The van der Waals surface area contributed by atoms with Gasteiger partial charge in [-0.05, 0) is 33.0 Å². The second-order valence-corrected chi connectivity index (χ2v) is 7.29. The number of carbonyl (C=O) groups is 2. The lowest BCUT2D eigenvalue weighted by molar-refractivity contribution is -0.117. The Morgan fingerprint density at radius 2 is 2.10 bits per heavy atom. The molecule has 1 aliphatic carbocycles. The molecule has 2 aromatic heterocycles. The Kier molecular flexibility index (Phi) is 6.46. The van der Waals surface area contributed by atoms with Crippen LogP contribution in [0.15, 0.2) is 24.7 Å². The number of carbonyl (C=O) groups excluding carboxylic acids is 2. The molecule has 1 fully saturated rings. The minimum Gasteiger partial charge on any atom is -0.378 e. The lowest BCUT2D eigenvalue weighted by Gasteiger charge is -2.22. The topological polar surface area (TPSA) is 124 Å². The summed E-state index contributed by atoms with van der Waals surface area (Å²) < 4.78 is 0. The first-order chi connectivity index (χ1) is 14.0. The Bertz CT molecular complexity index is 917. The fourth-order valence-electron chi connectivity index (χ4n) is 2.88. The monoisotopic (exact) mass is 393 g/mol. The van der Waals surface area contributed by atoms with Crippen LogP contribution in [0.4, 0.5) is 11.5 Å². The summed E-state index contributed by atoms with van der Waals surface area (Å²) in [6.45, 7) is 0.628. The molecule has 2 heterocycles. The quantitative estimate of drug-likeness (QED) is 0.617. The van der Waals surface area contributed by atoms with Crippen molar-refractivity contribution >= 4 is 23.7 Å². The molecule has 150 valence electrons. The fraction of sp³-hybridized carbons (Fsp3) is 0.400. The van der Waals surface area contributed by atoms with Gasteiger partial charge in [-0.3, -0.25) is 9.78 Å². The fourth-order valence-corrected chi connectivity index (χ4v) is 2.88. The predicted octanol–water partition coefficient (Wildman–Crippen LogP) is 1.69. The molecule has 1 saturated carbocycles. The molecule has 1 aliphatic rings. The van der Waals surface area contributed by atoms with Crippen LogP contribution in [0.3, 0.4) is 0 Å². The number of anilines is 2. The van der Waals surface area contributed by atoms with E-state index in [4.69, 9.17) is 0 Å². The summed E-state index contributed by atoms with van der Waals surface area (Å²) in [5.74, 6) is 0.470. The number of hydrogen-bond donors (Lipinski definition) is 2. The van der Waals surface area contributed by atoms with E-state index >= 15 is 0 Å². The first-order valence-electron chi connectivity index (χ1n) is 9.38. The predicted molar refractivity (Wildman–Crippen MR) is 108 cm³/mol. The average molecular weight is 393 g/mol. The van der Waals surface area contributed by atoms with Crippen LogP contribution in [-0.4, -0.2) is 58.7 Å². The number of aromatic nitrogens is 3. The van der Waals surface area contributed by atoms with E-state index in [0.29, 0.717) is 35.7 Å². The molecule has 0 radical (unpaired) electrons. The molecule has 0 aromatic carbocycles. The van der Waals surface area contributed by atoms with Gasteiger partial charge in [-0.2, -0.15) is 5.26 Å². The molecule has 0 unspecified atom stereocenters. The van der Waals surface area contributed by atoms with Gasteiger partial charge in [0, 0.05) is 36.7 Å². The summed E-state index contributed by atoms with van der Waals surface area (Å²) in [5.41, 5.74) is 2.01. The van der Waals surface area contributed by atoms with E-state index < -0.39 is 0 Å². The highest BCUT2D eigenvalue weighted by molar-refractivity contribution is 5.93. The summed E-state index contributed by atoms with van der Waals surface area (Å²) in [7, 11) is 3.83. The SMILES string of the molecule is CN(C)C[C@@H](CC=O)Nc1cc(-c2cnc(NC(=O)C3CC3)cn2)cnc1C#N. The normalized spacial score (nSPS) is 14.1. The van der Waals surface area contributed by atoms with Crippen molar-refractivity contribution in [2.45, 2.75) is 25.3 Å². The van der Waals surface area contributed by atoms with E-state index in [9.17, 15) is 14.9 Å². The molecule has 9 heteroatoms. The van der Waals surface area contributed by atoms with Crippen molar-refractivity contribution in [1.29, 1.82) is 5.26 Å². The molecule has 2 aromatic rings. The zero-order valence-corrected chi connectivity index (χ0v) is 16.4. The zero-order valence-electron chi connectivity index (χ0n) is 16.4. The van der Waals surface area contributed by atoms with Crippen molar-refractivity contribution in [3.8, 4) is 17.3 Å². The van der Waals surface area contributed by atoms with Gasteiger partial charge in [-0.25, -0.2) is 9.97 Å². The van der Waals surface area contributed by atoms with Gasteiger partial charge in [0.25, 0.3) is 0 Å². The van der Waals surface area contributed by atoms with Crippen molar-refractivity contribution in [3.05, 3.63) is 30.4 Å². The molecule has 0 spiro atoms. The molecule has 0 aliphatic heterocycles. The van der Waals surface area contributed by atoms with Gasteiger partial charge in [-0.15, -0.1) is 0 Å². The Balaban J connectivity index is 1.79. The second-order valence-electron chi connectivity index (χ2n) is 7.29. The van der Waals surface area contributed by atoms with Crippen LogP contribution in [0.5, 0.6) is 0 Å². The van der Waals surface area contributed by atoms with Crippen LogP contribution in [0.1, 0.15) is 25.0 Å². The van der Waals surface area contributed by atoms with Crippen molar-refractivity contribution in [2.24, 2.45) is 5.92 Å². The molecule has 2 N–H and O–H groups in total. The van der Waals surface area contributed by atoms with E-state index in [-0.39, 0.29) is 23.6 Å². The third kappa shape index (κ3) is 5.56. The lowest BCUT2D eigenvalue weighted by atomic mass is 10.1. The van der Waals surface area contributed by atoms with Gasteiger partial charge in [0.15, 0.2) is 11.5 Å². The highest BCUT2D eigenvalue weighted by Crippen LogP contribution is 2.30. The maximum Gasteiger partial charge on any atom is 0.228 e. The Morgan fingerprint density at radius 3 is 2.69 bits per heavy atom. The van der Waals surface area contributed by atoms with Gasteiger partial charge in [0.2, 0.25) is 5.91 Å². The smallest absolute Gasteiger partial charge is 0.228 e. The van der Waals surface area contributed by atoms with Crippen molar-refractivity contribution in [3.63, 3.8) is 0 Å². The summed E-state index contributed by atoms with van der Waals surface area (Å²) in [6.07, 6.45) is 7.61. The number of rotatable bonds is 9. The highest BCUT2D eigenvalue weighted by Gasteiger charge is 2.29. The Morgan fingerprint density at radius 1 is 1.31 bits per heavy atom. The summed E-state index contributed by atoms with van der Waals surface area (Å²) in [6, 6.07) is 3.68. The molecule has 0 bridgehead atoms. The van der Waals surface area contributed by atoms with Gasteiger partial charge in [0.1, 0.15) is 12.4 Å². The lowest BCUT2D eigenvalue weighted by Crippen LogP contribution is -2.33. The number of nitriles is 1. The van der Waals surface area contributed by atoms with Crippen molar-refractivity contribution in [2.75, 3.05) is 31.3 Å². The number of amides is 1. The Labute approximate surface area is 169 Å². The standard InChI is InChI=1S/C20H23N7O2/c1-27(2)12-15(5-6-28)25-16-7-14(9-22-17(16)8-21)18-10-24-19(11-23-18)26-20(29)13-3-4-13/h6-7,9-11,13,15,25H,3-5,12H2,1-2H3,(H,24,26,29)/t15-/m1/s1. The number of pyridine rings is 1. The summed E-state index contributed by atoms with van der Waals surface area (Å²) in [5, 5.41) is 15.4. The van der Waals surface area contributed by atoms with Crippen LogP contribution in [0.25, 0.3) is 11.3 Å². The maximum absolute atomic E-state index is 11.8. The Hall–Kier alpha value is -3.38. The summed E-state index contributed by atoms with van der Waals surface area (Å²) >= 11 is 0. The van der Waals surface area contributed by atoms with Crippen molar-refractivity contribution in [1.82, 2.24) is 19.9 Å². The van der Waals surface area contributed by atoms with Gasteiger partial charge in [0.05, 0.1) is 23.8 Å². The molecule has 1 amide bonds. The number of aldehydes is 1. The zero-order chi connectivity index (χ0) is 20.8. The number of likely N-dealkylation sites (N-methyl/N-ethyl adjacent to an activating group) is 1. The maximum atomic E-state index is 11.8. The minimum atomic E-state index is -0.155. The molecule has 29 heavy (non-hydrogen) atoms. The van der Waals surface area contributed by atoms with Crippen LogP contribution in [0.2, 0.25) is 0 Å². The van der Waals surface area contributed by atoms with Crippen LogP contribution in [0, 0.1) is 17.2 Å². The highest BCUT2D eigenvalue weighted by atomic mass is 16.2. The first-order valence-corrected chi connectivity index (χ1v) is 9.38. The largest absolute Gasteiger partial charge is 0.378 e. The minimum absolute atomic E-state index is 0.0271. The average Bonchev–Trinajstić information content (AvgIpc) is 3.54. The first kappa shape index (κ1) is 20.4. The van der Waals surface area contributed by atoms with Gasteiger partial charge >= 0.3 is 0 Å². The van der Waals surface area contributed by atoms with E-state index in [1.165, 1.54) is 6.20 Å². The molecule has 9 nitrogen and oxygen atoms in total. The van der Waals surface area contributed by atoms with Gasteiger partial charge in [-0.1, -0.05) is 0 Å².